The molecule has 1 aliphatic heterocycles. The average molecular weight is 401 g/mol. The van der Waals surface area contributed by atoms with Crippen LogP contribution in [0.2, 0.25) is 0 Å². The van der Waals surface area contributed by atoms with Gasteiger partial charge in [-0.15, -0.1) is 11.3 Å². The Hall–Kier alpha value is -2.65. The molecule has 1 unspecified atom stereocenters. The van der Waals surface area contributed by atoms with E-state index in [2.05, 4.69) is 26.7 Å². The SMILES string of the molecule is COc1cc2nc(N3CCN(C(C)c4nccs4)CC3)nc(N)c2cc1OC. The number of methoxy groups -OCH3 is 2. The molecule has 0 amide bonds. The molecule has 1 aliphatic rings. The van der Waals surface area contributed by atoms with Gasteiger partial charge in [-0.3, -0.25) is 4.90 Å². The fourth-order valence-electron chi connectivity index (χ4n) is 3.51. The molecular formula is C19H24N6O2S. The smallest absolute Gasteiger partial charge is 0.227 e. The molecule has 0 bridgehead atoms. The first-order valence-corrected chi connectivity index (χ1v) is 10.1. The maximum atomic E-state index is 6.23. The normalized spacial score (nSPS) is 16.3. The second kappa shape index (κ2) is 7.76. The molecule has 0 spiro atoms. The minimum Gasteiger partial charge on any atom is -0.493 e. The molecule has 148 valence electrons. The van der Waals surface area contributed by atoms with Crippen LogP contribution in [0.5, 0.6) is 11.5 Å². The van der Waals surface area contributed by atoms with Crippen LogP contribution in [0.25, 0.3) is 10.9 Å². The summed E-state index contributed by atoms with van der Waals surface area (Å²) in [5.41, 5.74) is 6.98. The van der Waals surface area contributed by atoms with Crippen molar-refractivity contribution in [3.05, 3.63) is 28.7 Å². The highest BCUT2D eigenvalue weighted by Gasteiger charge is 2.25. The van der Waals surface area contributed by atoms with Crippen molar-refractivity contribution in [1.82, 2.24) is 19.9 Å². The molecule has 2 aromatic heterocycles. The number of piperazine rings is 1. The zero-order valence-electron chi connectivity index (χ0n) is 16.3. The van der Waals surface area contributed by atoms with Crippen LogP contribution in [0.1, 0.15) is 18.0 Å². The minimum atomic E-state index is 0.321. The predicted octanol–water partition coefficient (Wildman–Crippen LogP) is 2.57. The summed E-state index contributed by atoms with van der Waals surface area (Å²) >= 11 is 1.70. The summed E-state index contributed by atoms with van der Waals surface area (Å²) in [6.07, 6.45) is 1.86. The average Bonchev–Trinajstić information content (AvgIpc) is 3.27. The lowest BCUT2D eigenvalue weighted by atomic mass is 10.2. The third-order valence-corrected chi connectivity index (χ3v) is 6.12. The Labute approximate surface area is 167 Å². The highest BCUT2D eigenvalue weighted by molar-refractivity contribution is 7.09. The number of thiazole rings is 1. The fraction of sp³-hybridized carbons (Fsp3) is 0.421. The largest absolute Gasteiger partial charge is 0.493 e. The van der Waals surface area contributed by atoms with Crippen molar-refractivity contribution in [2.45, 2.75) is 13.0 Å². The number of anilines is 2. The number of ether oxygens (including phenoxy) is 2. The summed E-state index contributed by atoms with van der Waals surface area (Å²) < 4.78 is 10.7. The van der Waals surface area contributed by atoms with Crippen LogP contribution in [-0.2, 0) is 0 Å². The second-order valence-corrected chi connectivity index (χ2v) is 7.63. The van der Waals surface area contributed by atoms with Gasteiger partial charge in [0.25, 0.3) is 0 Å². The van der Waals surface area contributed by atoms with Crippen LogP contribution in [-0.4, -0.2) is 60.3 Å². The summed E-state index contributed by atoms with van der Waals surface area (Å²) in [6.45, 7) is 5.74. The molecule has 0 saturated carbocycles. The molecule has 8 nitrogen and oxygen atoms in total. The Morgan fingerprint density at radius 2 is 1.79 bits per heavy atom. The third-order valence-electron chi connectivity index (χ3n) is 5.17. The second-order valence-electron chi connectivity index (χ2n) is 6.70. The highest BCUT2D eigenvalue weighted by atomic mass is 32.1. The predicted molar refractivity (Wildman–Crippen MR) is 111 cm³/mol. The highest BCUT2D eigenvalue weighted by Crippen LogP contribution is 2.34. The molecule has 28 heavy (non-hydrogen) atoms. The van der Waals surface area contributed by atoms with Gasteiger partial charge in [0.05, 0.1) is 25.8 Å². The van der Waals surface area contributed by atoms with Crippen molar-refractivity contribution in [3.8, 4) is 11.5 Å². The van der Waals surface area contributed by atoms with E-state index in [1.165, 1.54) is 0 Å². The van der Waals surface area contributed by atoms with Crippen LogP contribution >= 0.6 is 11.3 Å². The van der Waals surface area contributed by atoms with Crippen molar-refractivity contribution in [2.24, 2.45) is 0 Å². The van der Waals surface area contributed by atoms with Gasteiger partial charge < -0.3 is 20.1 Å². The number of nitrogen functional groups attached to an aromatic ring is 1. The quantitative estimate of drug-likeness (QED) is 0.699. The number of benzene rings is 1. The zero-order valence-corrected chi connectivity index (χ0v) is 17.1. The zero-order chi connectivity index (χ0) is 19.7. The summed E-state index contributed by atoms with van der Waals surface area (Å²) in [7, 11) is 3.21. The molecule has 4 rings (SSSR count). The first-order valence-electron chi connectivity index (χ1n) is 9.18. The molecule has 2 N–H and O–H groups in total. The molecule has 3 aromatic rings. The van der Waals surface area contributed by atoms with Gasteiger partial charge in [0.2, 0.25) is 5.95 Å². The first-order chi connectivity index (χ1) is 13.6. The Kier molecular flexibility index (Phi) is 5.19. The lowest BCUT2D eigenvalue weighted by Crippen LogP contribution is -2.47. The van der Waals surface area contributed by atoms with Crippen molar-refractivity contribution in [1.29, 1.82) is 0 Å². The Bertz CT molecular complexity index is 957. The van der Waals surface area contributed by atoms with E-state index >= 15 is 0 Å². The molecule has 1 aromatic carbocycles. The van der Waals surface area contributed by atoms with Crippen molar-refractivity contribution in [2.75, 3.05) is 51.0 Å². The minimum absolute atomic E-state index is 0.321. The standard InChI is InChI=1S/C19H24N6O2S/c1-12(18-21-4-9-28-18)24-5-7-25(8-6-24)19-22-14-11-16(27-3)15(26-2)10-13(14)17(20)23-19/h4,9-12H,5-8H2,1-3H3,(H2,20,22,23). The molecule has 1 fully saturated rings. The van der Waals surface area contributed by atoms with Crippen LogP contribution in [0.4, 0.5) is 11.8 Å². The van der Waals surface area contributed by atoms with E-state index in [0.717, 1.165) is 42.1 Å². The molecule has 0 aliphatic carbocycles. The fourth-order valence-corrected chi connectivity index (χ4v) is 4.24. The van der Waals surface area contributed by atoms with Gasteiger partial charge in [-0.25, -0.2) is 9.97 Å². The summed E-state index contributed by atoms with van der Waals surface area (Å²) in [5, 5.41) is 3.94. The lowest BCUT2D eigenvalue weighted by Gasteiger charge is -2.37. The number of hydrogen-bond donors (Lipinski definition) is 1. The number of rotatable bonds is 5. The van der Waals surface area contributed by atoms with Gasteiger partial charge in [-0.05, 0) is 13.0 Å². The topological polar surface area (TPSA) is 89.6 Å². The molecule has 1 saturated heterocycles. The van der Waals surface area contributed by atoms with Gasteiger partial charge in [0.15, 0.2) is 11.5 Å². The van der Waals surface area contributed by atoms with E-state index in [9.17, 15) is 0 Å². The van der Waals surface area contributed by atoms with Crippen LogP contribution in [0.3, 0.4) is 0 Å². The van der Waals surface area contributed by atoms with E-state index in [1.807, 2.05) is 23.7 Å². The maximum absolute atomic E-state index is 6.23. The monoisotopic (exact) mass is 400 g/mol. The van der Waals surface area contributed by atoms with Gasteiger partial charge in [0, 0.05) is 49.2 Å². The number of nitrogens with two attached hydrogens (primary N) is 1. The number of aromatic nitrogens is 3. The number of hydrogen-bond acceptors (Lipinski definition) is 9. The molecule has 9 heteroatoms. The first kappa shape index (κ1) is 18.7. The summed E-state index contributed by atoms with van der Waals surface area (Å²) in [4.78, 5) is 18.3. The van der Waals surface area contributed by atoms with E-state index in [0.29, 0.717) is 29.3 Å². The van der Waals surface area contributed by atoms with E-state index in [4.69, 9.17) is 20.2 Å². The van der Waals surface area contributed by atoms with Gasteiger partial charge >= 0.3 is 0 Å². The summed E-state index contributed by atoms with van der Waals surface area (Å²) in [5.74, 6) is 2.34. The van der Waals surface area contributed by atoms with E-state index in [1.54, 1.807) is 25.6 Å². The van der Waals surface area contributed by atoms with Crippen molar-refractivity contribution in [3.63, 3.8) is 0 Å². The van der Waals surface area contributed by atoms with Gasteiger partial charge in [-0.1, -0.05) is 0 Å². The Morgan fingerprint density at radius 1 is 1.07 bits per heavy atom. The van der Waals surface area contributed by atoms with Crippen LogP contribution < -0.4 is 20.1 Å². The van der Waals surface area contributed by atoms with E-state index < -0.39 is 0 Å². The molecular weight excluding hydrogens is 376 g/mol. The lowest BCUT2D eigenvalue weighted by molar-refractivity contribution is 0.197. The van der Waals surface area contributed by atoms with Gasteiger partial charge in [0.1, 0.15) is 10.8 Å². The maximum Gasteiger partial charge on any atom is 0.227 e. The Balaban J connectivity index is 1.55. The number of fused-ring (bicyclic) bond motifs is 1. The molecule has 3 heterocycles. The molecule has 0 radical (unpaired) electrons. The van der Waals surface area contributed by atoms with Gasteiger partial charge in [-0.2, -0.15) is 4.98 Å². The molecule has 1 atom stereocenters. The van der Waals surface area contributed by atoms with Crippen LogP contribution in [0.15, 0.2) is 23.7 Å². The van der Waals surface area contributed by atoms with Crippen molar-refractivity contribution < 1.29 is 9.47 Å². The Morgan fingerprint density at radius 3 is 2.43 bits per heavy atom. The summed E-state index contributed by atoms with van der Waals surface area (Å²) in [6, 6.07) is 3.98. The number of nitrogens with zero attached hydrogens (tertiary/aromatic N) is 5. The third kappa shape index (κ3) is 3.43. The van der Waals surface area contributed by atoms with Crippen molar-refractivity contribution >= 4 is 34.0 Å². The van der Waals surface area contributed by atoms with Crippen LogP contribution in [0, 0.1) is 0 Å². The van der Waals surface area contributed by atoms with E-state index in [-0.39, 0.29) is 0 Å².